The average molecular weight is 208 g/mol. The first-order chi connectivity index (χ1) is 7.09. The molecule has 0 bridgehead atoms. The fourth-order valence-corrected chi connectivity index (χ4v) is 0.963. The Balaban J connectivity index is 2.67. The van der Waals surface area contributed by atoms with Gasteiger partial charge in [-0.05, 0) is 12.1 Å². The van der Waals surface area contributed by atoms with Crippen LogP contribution >= 0.6 is 0 Å². The zero-order valence-electron chi connectivity index (χ0n) is 8.60. The minimum atomic E-state index is -1.16. The number of ether oxygens (including phenoxy) is 2. The van der Waals surface area contributed by atoms with Gasteiger partial charge in [0.2, 0.25) is 5.78 Å². The molecule has 15 heavy (non-hydrogen) atoms. The van der Waals surface area contributed by atoms with Crippen LogP contribution in [-0.2, 0) is 14.3 Å². The van der Waals surface area contributed by atoms with Crippen LogP contribution in [0.2, 0.25) is 0 Å². The molecule has 0 heterocycles. The van der Waals surface area contributed by atoms with Crippen molar-refractivity contribution >= 4 is 11.8 Å². The summed E-state index contributed by atoms with van der Waals surface area (Å²) in [7, 11) is 0. The van der Waals surface area contributed by atoms with Gasteiger partial charge in [0, 0.05) is 13.8 Å². The first-order valence-corrected chi connectivity index (χ1v) is 4.49. The maximum absolute atomic E-state index is 11.1. The summed E-state index contributed by atoms with van der Waals surface area (Å²) in [5, 5.41) is 0. The third kappa shape index (κ3) is 3.81. The Morgan fingerprint density at radius 2 is 1.73 bits per heavy atom. The molecule has 80 valence electrons. The minimum Gasteiger partial charge on any atom is -0.448 e. The number of Topliss-reactive ketones (excluding diaryl/α,β-unsaturated/α-hetero) is 1. The number of benzene rings is 1. The lowest BCUT2D eigenvalue weighted by molar-refractivity contribution is -0.168. The van der Waals surface area contributed by atoms with Crippen molar-refractivity contribution in [2.75, 3.05) is 0 Å². The van der Waals surface area contributed by atoms with Crippen LogP contribution in [0.4, 0.5) is 0 Å². The quantitative estimate of drug-likeness (QED) is 0.556. The van der Waals surface area contributed by atoms with E-state index in [0.717, 1.165) is 0 Å². The first-order valence-electron chi connectivity index (χ1n) is 4.49. The number of para-hydroxylation sites is 1. The van der Waals surface area contributed by atoms with Crippen molar-refractivity contribution in [2.45, 2.75) is 20.1 Å². The van der Waals surface area contributed by atoms with Crippen molar-refractivity contribution in [3.63, 3.8) is 0 Å². The summed E-state index contributed by atoms with van der Waals surface area (Å²) >= 11 is 0. The molecule has 4 heteroatoms. The van der Waals surface area contributed by atoms with Crippen molar-refractivity contribution in [1.82, 2.24) is 0 Å². The predicted octanol–water partition coefficient (Wildman–Crippen LogP) is 1.54. The largest absolute Gasteiger partial charge is 0.448 e. The summed E-state index contributed by atoms with van der Waals surface area (Å²) in [5.41, 5.74) is 0. The maximum Gasteiger partial charge on any atom is 0.306 e. The number of hydrogen-bond donors (Lipinski definition) is 0. The van der Waals surface area contributed by atoms with Crippen LogP contribution in [0.3, 0.4) is 0 Å². The molecule has 1 unspecified atom stereocenters. The van der Waals surface area contributed by atoms with E-state index in [1.165, 1.54) is 13.8 Å². The van der Waals surface area contributed by atoms with E-state index in [-0.39, 0.29) is 5.78 Å². The van der Waals surface area contributed by atoms with Crippen LogP contribution in [0.1, 0.15) is 13.8 Å². The highest BCUT2D eigenvalue weighted by molar-refractivity contribution is 5.82. The maximum atomic E-state index is 11.1. The molecule has 0 spiro atoms. The van der Waals surface area contributed by atoms with Gasteiger partial charge in [-0.25, -0.2) is 0 Å². The van der Waals surface area contributed by atoms with Gasteiger partial charge in [0.05, 0.1) is 0 Å². The van der Waals surface area contributed by atoms with Gasteiger partial charge in [0.15, 0.2) is 0 Å². The molecule has 0 aliphatic heterocycles. The highest BCUT2D eigenvalue weighted by Crippen LogP contribution is 2.12. The zero-order valence-corrected chi connectivity index (χ0v) is 8.60. The van der Waals surface area contributed by atoms with Crippen molar-refractivity contribution in [1.29, 1.82) is 0 Å². The predicted molar refractivity (Wildman–Crippen MR) is 53.3 cm³/mol. The summed E-state index contributed by atoms with van der Waals surface area (Å²) in [6, 6.07) is 8.71. The second-order valence-corrected chi connectivity index (χ2v) is 2.98. The Morgan fingerprint density at radius 3 is 2.20 bits per heavy atom. The highest BCUT2D eigenvalue weighted by Gasteiger charge is 2.18. The first kappa shape index (κ1) is 11.2. The third-order valence-corrected chi connectivity index (χ3v) is 1.59. The van der Waals surface area contributed by atoms with Gasteiger partial charge in [0.1, 0.15) is 5.75 Å². The molecule has 1 atom stereocenters. The monoisotopic (exact) mass is 208 g/mol. The Morgan fingerprint density at radius 1 is 1.13 bits per heavy atom. The van der Waals surface area contributed by atoms with E-state index in [1.807, 2.05) is 6.07 Å². The Kier molecular flexibility index (Phi) is 3.85. The molecule has 0 aliphatic rings. The van der Waals surface area contributed by atoms with E-state index in [9.17, 15) is 9.59 Å². The Labute approximate surface area is 87.8 Å². The zero-order chi connectivity index (χ0) is 11.3. The Bertz CT molecular complexity index is 345. The summed E-state index contributed by atoms with van der Waals surface area (Å²) in [6.07, 6.45) is -1.16. The van der Waals surface area contributed by atoms with Gasteiger partial charge in [-0.3, -0.25) is 9.59 Å². The van der Waals surface area contributed by atoms with Crippen molar-refractivity contribution in [3.8, 4) is 5.75 Å². The normalized spacial score (nSPS) is 11.6. The molecule has 0 N–H and O–H groups in total. The molecule has 0 aromatic heterocycles. The molecule has 0 fully saturated rings. The molecular formula is C11H12O4. The molecule has 1 aromatic rings. The average Bonchev–Trinajstić information content (AvgIpc) is 2.17. The summed E-state index contributed by atoms with van der Waals surface area (Å²) in [6.45, 7) is 2.53. The SMILES string of the molecule is CC(=O)OC(Oc1ccccc1)C(C)=O. The molecule has 1 rings (SSSR count). The lowest BCUT2D eigenvalue weighted by Crippen LogP contribution is -2.30. The van der Waals surface area contributed by atoms with Gasteiger partial charge in [-0.1, -0.05) is 18.2 Å². The number of rotatable bonds is 4. The summed E-state index contributed by atoms with van der Waals surface area (Å²) < 4.78 is 9.90. The second-order valence-electron chi connectivity index (χ2n) is 2.98. The minimum absolute atomic E-state index is 0.353. The van der Waals surface area contributed by atoms with Gasteiger partial charge < -0.3 is 9.47 Å². The number of carbonyl (C=O) groups excluding carboxylic acids is 2. The second kappa shape index (κ2) is 5.14. The van der Waals surface area contributed by atoms with Crippen LogP contribution in [0.25, 0.3) is 0 Å². The fraction of sp³-hybridized carbons (Fsp3) is 0.273. The lowest BCUT2D eigenvalue weighted by atomic mass is 10.3. The molecule has 4 nitrogen and oxygen atoms in total. The van der Waals surface area contributed by atoms with Crippen LogP contribution < -0.4 is 4.74 Å². The van der Waals surface area contributed by atoms with E-state index in [4.69, 9.17) is 9.47 Å². The van der Waals surface area contributed by atoms with Crippen LogP contribution in [-0.4, -0.2) is 18.0 Å². The van der Waals surface area contributed by atoms with Crippen molar-refractivity contribution < 1.29 is 19.1 Å². The van der Waals surface area contributed by atoms with E-state index < -0.39 is 12.3 Å². The molecule has 1 aromatic carbocycles. The highest BCUT2D eigenvalue weighted by atomic mass is 16.7. The molecule has 0 saturated heterocycles. The fourth-order valence-electron chi connectivity index (χ4n) is 0.963. The van der Waals surface area contributed by atoms with E-state index in [0.29, 0.717) is 5.75 Å². The van der Waals surface area contributed by atoms with Crippen LogP contribution in [0, 0.1) is 0 Å². The van der Waals surface area contributed by atoms with Gasteiger partial charge in [-0.15, -0.1) is 0 Å². The molecular weight excluding hydrogens is 196 g/mol. The van der Waals surface area contributed by atoms with E-state index in [1.54, 1.807) is 24.3 Å². The summed E-state index contributed by atoms with van der Waals surface area (Å²) in [5.74, 6) is -0.417. The smallest absolute Gasteiger partial charge is 0.306 e. The standard InChI is InChI=1S/C11H12O4/c1-8(12)11(14-9(2)13)15-10-6-4-3-5-7-10/h3-7,11H,1-2H3. The number of carbonyl (C=O) groups is 2. The van der Waals surface area contributed by atoms with Gasteiger partial charge in [0.25, 0.3) is 0 Å². The van der Waals surface area contributed by atoms with Crippen molar-refractivity contribution in [2.24, 2.45) is 0 Å². The van der Waals surface area contributed by atoms with E-state index in [2.05, 4.69) is 0 Å². The molecule has 0 saturated carbocycles. The van der Waals surface area contributed by atoms with Crippen LogP contribution in [0.5, 0.6) is 5.75 Å². The summed E-state index contributed by atoms with van der Waals surface area (Å²) in [4.78, 5) is 21.8. The van der Waals surface area contributed by atoms with E-state index >= 15 is 0 Å². The van der Waals surface area contributed by atoms with Crippen molar-refractivity contribution in [3.05, 3.63) is 30.3 Å². The third-order valence-electron chi connectivity index (χ3n) is 1.59. The number of esters is 1. The Hall–Kier alpha value is -1.84. The lowest BCUT2D eigenvalue weighted by Gasteiger charge is -2.15. The molecule has 0 amide bonds. The van der Waals surface area contributed by atoms with Gasteiger partial charge in [-0.2, -0.15) is 0 Å². The topological polar surface area (TPSA) is 52.6 Å². The molecule has 0 aliphatic carbocycles. The van der Waals surface area contributed by atoms with Gasteiger partial charge >= 0.3 is 12.3 Å². The molecule has 0 radical (unpaired) electrons. The number of hydrogen-bond acceptors (Lipinski definition) is 4. The number of ketones is 1. The van der Waals surface area contributed by atoms with Crippen LogP contribution in [0.15, 0.2) is 30.3 Å².